The minimum atomic E-state index is 0. The van der Waals surface area contributed by atoms with E-state index in [9.17, 15) is 0 Å². The van der Waals surface area contributed by atoms with Crippen molar-refractivity contribution in [3.05, 3.63) is 31.2 Å². The van der Waals surface area contributed by atoms with Gasteiger partial charge in [0.15, 0.2) is 0 Å². The molecule has 26 heavy (non-hydrogen) atoms. The van der Waals surface area contributed by atoms with E-state index in [2.05, 4.69) is 28.4 Å². The molecule has 0 aromatic rings. The summed E-state index contributed by atoms with van der Waals surface area (Å²) in [7, 11) is 0. The molecule has 1 N–H and O–H groups in total. The van der Waals surface area contributed by atoms with Gasteiger partial charge in [-0.05, 0) is 68.5 Å². The first-order valence-electron chi connectivity index (χ1n) is 10.2. The van der Waals surface area contributed by atoms with Gasteiger partial charge in [-0.25, -0.2) is 0 Å². The van der Waals surface area contributed by atoms with Gasteiger partial charge >= 0.3 is 0 Å². The first kappa shape index (κ1) is 27.7. The number of allylic oxidation sites excluding steroid dienone is 3. The van der Waals surface area contributed by atoms with Crippen molar-refractivity contribution >= 4 is 51.4 Å². The zero-order valence-corrected chi connectivity index (χ0v) is 23.8. The Balaban J connectivity index is 0.00000121. The first-order chi connectivity index (χ1) is 11.4. The fraction of sp³-hybridized carbons (Fsp3) is 0.773. The molecule has 3 fully saturated rings. The van der Waals surface area contributed by atoms with E-state index < -0.39 is 0 Å². The molecule has 4 rings (SSSR count). The van der Waals surface area contributed by atoms with Crippen LogP contribution in [0.25, 0.3) is 0 Å². The van der Waals surface area contributed by atoms with Gasteiger partial charge in [-0.3, -0.25) is 4.90 Å². The molecular weight excluding hydrogens is 515 g/mol. The summed E-state index contributed by atoms with van der Waals surface area (Å²) < 4.78 is 0. The summed E-state index contributed by atoms with van der Waals surface area (Å²) >= 11 is 0. The van der Waals surface area contributed by atoms with Crippen molar-refractivity contribution in [2.75, 3.05) is 26.2 Å². The number of nitrogens with one attached hydrogen (secondary N) is 1. The second-order valence-electron chi connectivity index (χ2n) is 7.80. The summed E-state index contributed by atoms with van der Waals surface area (Å²) in [5.41, 5.74) is 2.35. The number of nitrogens with zero attached hydrogens (tertiary/aromatic N) is 1. The van der Waals surface area contributed by atoms with Gasteiger partial charge in [0.05, 0.1) is 0 Å². The fourth-order valence-corrected chi connectivity index (χ4v) is 5.17. The fourth-order valence-electron chi connectivity index (χ4n) is 5.17. The summed E-state index contributed by atoms with van der Waals surface area (Å²) in [6.45, 7) is 9.26. The van der Waals surface area contributed by atoms with E-state index in [-0.39, 0.29) is 79.9 Å². The molecular formula is C22H39KN2W-. The second kappa shape index (κ2) is 13.9. The Bertz CT molecular complexity index is 435. The SMILES string of the molecule is C1=CC(C2CCCCC2N2CC3(CCNCC3)C2)=CCC1.CC.[CH3-].[K].[W]. The van der Waals surface area contributed by atoms with Gasteiger partial charge in [0, 0.05) is 91.6 Å². The van der Waals surface area contributed by atoms with Crippen LogP contribution in [-0.2, 0) is 21.1 Å². The van der Waals surface area contributed by atoms with Crippen LogP contribution in [0.1, 0.15) is 65.2 Å². The number of hydrogen-bond donors (Lipinski definition) is 1. The number of rotatable bonds is 2. The predicted molar refractivity (Wildman–Crippen MR) is 112 cm³/mol. The van der Waals surface area contributed by atoms with Gasteiger partial charge in [0.2, 0.25) is 0 Å². The minimum absolute atomic E-state index is 0. The minimum Gasteiger partial charge on any atom is -0.358 e. The summed E-state index contributed by atoms with van der Waals surface area (Å²) in [6, 6.07) is 0.841. The van der Waals surface area contributed by atoms with Crippen molar-refractivity contribution in [1.29, 1.82) is 0 Å². The van der Waals surface area contributed by atoms with E-state index in [1.165, 1.54) is 77.5 Å². The van der Waals surface area contributed by atoms with Crippen LogP contribution in [0.5, 0.6) is 0 Å². The summed E-state index contributed by atoms with van der Waals surface area (Å²) in [5.74, 6) is 0.828. The van der Waals surface area contributed by atoms with E-state index in [0.29, 0.717) is 5.41 Å². The normalized spacial score (nSPS) is 29.5. The van der Waals surface area contributed by atoms with Crippen LogP contribution in [0, 0.1) is 18.8 Å². The van der Waals surface area contributed by atoms with Crippen molar-refractivity contribution in [3.63, 3.8) is 0 Å². The molecule has 4 aliphatic rings. The average Bonchev–Trinajstić information content (AvgIpc) is 2.63. The van der Waals surface area contributed by atoms with Crippen LogP contribution in [0.4, 0.5) is 0 Å². The Morgan fingerprint density at radius 1 is 1.04 bits per heavy atom. The van der Waals surface area contributed by atoms with Crippen LogP contribution in [0.2, 0.25) is 0 Å². The Kier molecular flexibility index (Phi) is 14.8. The number of piperidine rings is 1. The van der Waals surface area contributed by atoms with E-state index in [4.69, 9.17) is 0 Å². The van der Waals surface area contributed by atoms with Crippen molar-refractivity contribution in [2.24, 2.45) is 11.3 Å². The van der Waals surface area contributed by atoms with Crippen LogP contribution in [0.15, 0.2) is 23.8 Å². The number of hydrogen-bond acceptors (Lipinski definition) is 2. The summed E-state index contributed by atoms with van der Waals surface area (Å²) in [6.07, 6.45) is 18.4. The monoisotopic (exact) mass is 554 g/mol. The van der Waals surface area contributed by atoms with E-state index in [1.54, 1.807) is 5.57 Å². The molecule has 0 amide bonds. The molecule has 2 aliphatic heterocycles. The molecule has 1 spiro atoms. The molecule has 2 unspecified atom stereocenters. The summed E-state index contributed by atoms with van der Waals surface area (Å²) in [5, 5.41) is 3.53. The third-order valence-corrected chi connectivity index (χ3v) is 6.39. The van der Waals surface area contributed by atoms with Gasteiger partial charge < -0.3 is 12.7 Å². The largest absolute Gasteiger partial charge is 0.358 e. The smallest absolute Gasteiger partial charge is 0.0164 e. The molecule has 2 atom stereocenters. The van der Waals surface area contributed by atoms with Gasteiger partial charge in [0.1, 0.15) is 0 Å². The molecule has 2 nitrogen and oxygen atoms in total. The van der Waals surface area contributed by atoms with Crippen molar-refractivity contribution in [3.8, 4) is 0 Å². The third kappa shape index (κ3) is 6.62. The summed E-state index contributed by atoms with van der Waals surface area (Å²) in [4.78, 5) is 2.85. The van der Waals surface area contributed by atoms with Crippen LogP contribution in [-0.4, -0.2) is 88.5 Å². The van der Waals surface area contributed by atoms with Crippen LogP contribution in [0.3, 0.4) is 0 Å². The maximum atomic E-state index is 3.53. The average molecular weight is 555 g/mol. The third-order valence-electron chi connectivity index (χ3n) is 6.39. The molecule has 0 aromatic heterocycles. The Morgan fingerprint density at radius 3 is 2.31 bits per heavy atom. The Morgan fingerprint density at radius 2 is 1.69 bits per heavy atom. The molecule has 145 valence electrons. The molecule has 1 saturated carbocycles. The maximum Gasteiger partial charge on any atom is 0.0164 e. The van der Waals surface area contributed by atoms with Gasteiger partial charge in [-0.2, -0.15) is 0 Å². The quantitative estimate of drug-likeness (QED) is 0.397. The molecule has 2 aliphatic carbocycles. The standard InChI is InChI=1S/C19H30N2.C2H6.CH3.K.W/c1-2-6-16(7-3-1)17-8-4-5-9-18(17)21-14-19(15-21)10-12-20-13-11-19;1-2;;;/h2,6-7,17-18,20H,1,3-5,8-15H2;1-2H3;1H3;;/q;;-1;;. The predicted octanol–water partition coefficient (Wildman–Crippen LogP) is 4.60. The van der Waals surface area contributed by atoms with Gasteiger partial charge in [-0.15, -0.1) is 0 Å². The number of likely N-dealkylation sites (tertiary alicyclic amines) is 1. The van der Waals surface area contributed by atoms with Crippen LogP contribution < -0.4 is 5.32 Å². The second-order valence-corrected chi connectivity index (χ2v) is 7.80. The molecule has 4 heteroatoms. The molecule has 1 radical (unpaired) electrons. The Labute approximate surface area is 220 Å². The zero-order chi connectivity index (χ0) is 16.1. The van der Waals surface area contributed by atoms with Gasteiger partial charge in [-0.1, -0.05) is 44.9 Å². The van der Waals surface area contributed by atoms with E-state index in [0.717, 1.165) is 12.0 Å². The first-order valence-corrected chi connectivity index (χ1v) is 10.2. The molecule has 2 saturated heterocycles. The van der Waals surface area contributed by atoms with E-state index >= 15 is 0 Å². The van der Waals surface area contributed by atoms with Crippen molar-refractivity contribution in [1.82, 2.24) is 10.2 Å². The van der Waals surface area contributed by atoms with Crippen molar-refractivity contribution < 1.29 is 21.1 Å². The molecule has 2 heterocycles. The maximum absolute atomic E-state index is 3.53. The van der Waals surface area contributed by atoms with Crippen molar-refractivity contribution in [2.45, 2.75) is 71.3 Å². The van der Waals surface area contributed by atoms with Gasteiger partial charge in [0.25, 0.3) is 0 Å². The molecule has 0 bridgehead atoms. The Hall–Kier alpha value is 1.72. The molecule has 0 aromatic carbocycles. The zero-order valence-electron chi connectivity index (χ0n) is 17.7. The van der Waals surface area contributed by atoms with Crippen LogP contribution >= 0.6 is 0 Å². The topological polar surface area (TPSA) is 15.3 Å². The van der Waals surface area contributed by atoms with E-state index in [1.807, 2.05) is 13.8 Å².